The Bertz CT molecular complexity index is 163. The van der Waals surface area contributed by atoms with Crippen LogP contribution in [0.25, 0.3) is 0 Å². The van der Waals surface area contributed by atoms with E-state index in [1.54, 1.807) is 0 Å². The summed E-state index contributed by atoms with van der Waals surface area (Å²) in [7, 11) is 0. The minimum atomic E-state index is 0.459. The third-order valence-electron chi connectivity index (χ3n) is 2.68. The van der Waals surface area contributed by atoms with Crippen molar-refractivity contribution in [2.75, 3.05) is 19.8 Å². The Labute approximate surface area is 101 Å². The summed E-state index contributed by atoms with van der Waals surface area (Å²) in [5.41, 5.74) is 5.43. The molecule has 0 heterocycles. The van der Waals surface area contributed by atoms with Crippen molar-refractivity contribution in [3.63, 3.8) is 0 Å². The van der Waals surface area contributed by atoms with Gasteiger partial charge in [0, 0.05) is 6.61 Å². The van der Waals surface area contributed by atoms with Crippen LogP contribution >= 0.6 is 0 Å². The Morgan fingerprint density at radius 1 is 0.812 bits per heavy atom. The van der Waals surface area contributed by atoms with Gasteiger partial charge in [-0.1, -0.05) is 50.9 Å². The Morgan fingerprint density at radius 3 is 1.81 bits per heavy atom. The molecule has 0 bridgehead atoms. The molecule has 2 nitrogen and oxygen atoms in total. The van der Waals surface area contributed by atoms with Gasteiger partial charge in [-0.15, -0.1) is 6.42 Å². The third-order valence-corrected chi connectivity index (χ3v) is 2.68. The number of terminal acetylenes is 1. The lowest BCUT2D eigenvalue weighted by molar-refractivity contribution is 0.162. The van der Waals surface area contributed by atoms with Crippen molar-refractivity contribution in [2.45, 2.75) is 57.8 Å². The summed E-state index contributed by atoms with van der Waals surface area (Å²) in [6.45, 7) is 2.12. The summed E-state index contributed by atoms with van der Waals surface area (Å²) >= 11 is 0. The molecule has 0 aliphatic rings. The van der Waals surface area contributed by atoms with Crippen molar-refractivity contribution in [2.24, 2.45) is 5.73 Å². The molecule has 0 amide bonds. The van der Waals surface area contributed by atoms with Crippen molar-refractivity contribution in [3.8, 4) is 12.3 Å². The zero-order valence-electron chi connectivity index (χ0n) is 10.5. The largest absolute Gasteiger partial charge is 0.369 e. The first-order chi connectivity index (χ1) is 7.91. The van der Waals surface area contributed by atoms with Gasteiger partial charge >= 0.3 is 0 Å². The minimum Gasteiger partial charge on any atom is -0.369 e. The highest BCUT2D eigenvalue weighted by atomic mass is 16.5. The smallest absolute Gasteiger partial charge is 0.107 e. The molecule has 0 aromatic heterocycles. The molecule has 0 fully saturated rings. The van der Waals surface area contributed by atoms with Crippen molar-refractivity contribution in [3.05, 3.63) is 0 Å². The highest BCUT2D eigenvalue weighted by Crippen LogP contribution is 2.09. The van der Waals surface area contributed by atoms with E-state index in [1.165, 1.54) is 51.4 Å². The average molecular weight is 225 g/mol. The van der Waals surface area contributed by atoms with Gasteiger partial charge in [0.1, 0.15) is 6.61 Å². The highest BCUT2D eigenvalue weighted by Gasteiger charge is 1.92. The molecule has 0 aliphatic carbocycles. The maximum atomic E-state index is 5.43. The second-order valence-electron chi connectivity index (χ2n) is 4.23. The van der Waals surface area contributed by atoms with E-state index in [0.29, 0.717) is 6.61 Å². The summed E-state index contributed by atoms with van der Waals surface area (Å²) in [6, 6.07) is 0. The molecule has 0 saturated carbocycles. The molecule has 2 heteroatoms. The summed E-state index contributed by atoms with van der Waals surface area (Å²) in [4.78, 5) is 0. The Morgan fingerprint density at radius 2 is 1.31 bits per heavy atom. The molecular formula is C14H27NO. The maximum Gasteiger partial charge on any atom is 0.107 e. The van der Waals surface area contributed by atoms with Crippen LogP contribution in [0.4, 0.5) is 0 Å². The molecule has 0 saturated heterocycles. The number of nitrogens with two attached hydrogens (primary N) is 1. The van der Waals surface area contributed by atoms with Crippen LogP contribution in [0, 0.1) is 12.3 Å². The van der Waals surface area contributed by atoms with Crippen LogP contribution in [0.1, 0.15) is 57.8 Å². The quantitative estimate of drug-likeness (QED) is 0.409. The second kappa shape index (κ2) is 14.5. The fourth-order valence-electron chi connectivity index (χ4n) is 1.72. The summed E-state index contributed by atoms with van der Waals surface area (Å²) in [6.07, 6.45) is 16.8. The van der Waals surface area contributed by atoms with Gasteiger partial charge in [-0.3, -0.25) is 0 Å². The predicted molar refractivity (Wildman–Crippen MR) is 70.3 cm³/mol. The first-order valence-electron chi connectivity index (χ1n) is 6.63. The first-order valence-corrected chi connectivity index (χ1v) is 6.63. The van der Waals surface area contributed by atoms with Crippen LogP contribution in [-0.2, 0) is 4.74 Å². The van der Waals surface area contributed by atoms with Crippen LogP contribution in [0.5, 0.6) is 0 Å². The molecule has 0 radical (unpaired) electrons. The van der Waals surface area contributed by atoms with Crippen LogP contribution in [0.2, 0.25) is 0 Å². The Hall–Kier alpha value is -0.520. The molecule has 0 unspecified atom stereocenters. The molecule has 0 aliphatic heterocycles. The van der Waals surface area contributed by atoms with Crippen molar-refractivity contribution < 1.29 is 4.74 Å². The fourth-order valence-corrected chi connectivity index (χ4v) is 1.72. The molecule has 0 aromatic rings. The van der Waals surface area contributed by atoms with Gasteiger partial charge < -0.3 is 10.5 Å². The van der Waals surface area contributed by atoms with Gasteiger partial charge in [0.2, 0.25) is 0 Å². The lowest BCUT2D eigenvalue weighted by Gasteiger charge is -2.02. The molecule has 16 heavy (non-hydrogen) atoms. The summed E-state index contributed by atoms with van der Waals surface area (Å²) in [5.74, 6) is 2.47. The molecule has 0 rings (SSSR count). The third kappa shape index (κ3) is 13.5. The molecule has 0 spiro atoms. The Kier molecular flexibility index (Phi) is 14.0. The number of hydrogen-bond acceptors (Lipinski definition) is 2. The lowest BCUT2D eigenvalue weighted by Crippen LogP contribution is -1.97. The van der Waals surface area contributed by atoms with Crippen molar-refractivity contribution >= 4 is 0 Å². The standard InChI is InChI=1S/C14H27NO/c1-2-13-16-14-11-9-7-5-3-4-6-8-10-12-15/h1H,3-15H2. The van der Waals surface area contributed by atoms with Gasteiger partial charge in [0.15, 0.2) is 0 Å². The van der Waals surface area contributed by atoms with Gasteiger partial charge in [0.05, 0.1) is 0 Å². The van der Waals surface area contributed by atoms with E-state index >= 15 is 0 Å². The fraction of sp³-hybridized carbons (Fsp3) is 0.857. The Balaban J connectivity index is 2.86. The maximum absolute atomic E-state index is 5.43. The number of ether oxygens (including phenoxy) is 1. The monoisotopic (exact) mass is 225 g/mol. The van der Waals surface area contributed by atoms with E-state index in [0.717, 1.165) is 19.6 Å². The van der Waals surface area contributed by atoms with E-state index in [-0.39, 0.29) is 0 Å². The van der Waals surface area contributed by atoms with Gasteiger partial charge in [-0.05, 0) is 19.4 Å². The van der Waals surface area contributed by atoms with E-state index < -0.39 is 0 Å². The van der Waals surface area contributed by atoms with E-state index in [4.69, 9.17) is 16.9 Å². The van der Waals surface area contributed by atoms with Gasteiger partial charge in [-0.25, -0.2) is 0 Å². The topological polar surface area (TPSA) is 35.2 Å². The molecule has 2 N–H and O–H groups in total. The second-order valence-corrected chi connectivity index (χ2v) is 4.23. The van der Waals surface area contributed by atoms with E-state index in [1.807, 2.05) is 0 Å². The average Bonchev–Trinajstić information content (AvgIpc) is 2.31. The van der Waals surface area contributed by atoms with Gasteiger partial charge in [-0.2, -0.15) is 0 Å². The predicted octanol–water partition coefficient (Wildman–Crippen LogP) is 3.11. The first kappa shape index (κ1) is 15.5. The number of rotatable bonds is 12. The number of hydrogen-bond donors (Lipinski definition) is 1. The SMILES string of the molecule is C#CCOCCCCCCCCCCCN. The molecule has 0 atom stereocenters. The molecular weight excluding hydrogens is 198 g/mol. The zero-order valence-corrected chi connectivity index (χ0v) is 10.5. The highest BCUT2D eigenvalue weighted by molar-refractivity contribution is 4.82. The molecule has 0 aromatic carbocycles. The summed E-state index contributed by atoms with van der Waals surface area (Å²) < 4.78 is 5.21. The van der Waals surface area contributed by atoms with Gasteiger partial charge in [0.25, 0.3) is 0 Å². The van der Waals surface area contributed by atoms with Crippen LogP contribution < -0.4 is 5.73 Å². The zero-order chi connectivity index (χ0) is 11.9. The molecule has 94 valence electrons. The number of unbranched alkanes of at least 4 members (excludes halogenated alkanes) is 8. The van der Waals surface area contributed by atoms with E-state index in [9.17, 15) is 0 Å². The van der Waals surface area contributed by atoms with Crippen LogP contribution in [0.15, 0.2) is 0 Å². The van der Waals surface area contributed by atoms with Crippen molar-refractivity contribution in [1.82, 2.24) is 0 Å². The lowest BCUT2D eigenvalue weighted by atomic mass is 10.1. The minimum absolute atomic E-state index is 0.459. The van der Waals surface area contributed by atoms with Crippen molar-refractivity contribution in [1.29, 1.82) is 0 Å². The normalized spacial score (nSPS) is 10.2. The summed E-state index contributed by atoms with van der Waals surface area (Å²) in [5, 5.41) is 0. The van der Waals surface area contributed by atoms with Crippen LogP contribution in [-0.4, -0.2) is 19.8 Å². The van der Waals surface area contributed by atoms with Crippen LogP contribution in [0.3, 0.4) is 0 Å². The van der Waals surface area contributed by atoms with E-state index in [2.05, 4.69) is 5.92 Å².